The van der Waals surface area contributed by atoms with Gasteiger partial charge < -0.3 is 10.5 Å². The monoisotopic (exact) mass is 157 g/mol. The molecule has 64 valence electrons. The summed E-state index contributed by atoms with van der Waals surface area (Å²) in [7, 11) is 0. The van der Waals surface area contributed by atoms with E-state index in [1.165, 1.54) is 0 Å². The Labute approximate surface area is 66.9 Å². The molecule has 0 spiro atoms. The second-order valence-electron chi connectivity index (χ2n) is 2.98. The molecule has 0 bridgehead atoms. The molecule has 3 heteroatoms. The Morgan fingerprint density at radius 2 is 2.36 bits per heavy atom. The minimum absolute atomic E-state index is 0.135. The fourth-order valence-corrected chi connectivity index (χ4v) is 1.25. The van der Waals surface area contributed by atoms with E-state index in [-0.39, 0.29) is 17.9 Å². The first-order chi connectivity index (χ1) is 5.24. The van der Waals surface area contributed by atoms with Crippen LogP contribution in [0.1, 0.15) is 26.2 Å². The molecule has 0 amide bonds. The van der Waals surface area contributed by atoms with Gasteiger partial charge >= 0.3 is 0 Å². The lowest BCUT2D eigenvalue weighted by atomic mass is 10.0. The summed E-state index contributed by atoms with van der Waals surface area (Å²) in [6.07, 6.45) is 2.12. The van der Waals surface area contributed by atoms with Crippen LogP contribution in [0.25, 0.3) is 0 Å². The van der Waals surface area contributed by atoms with Crippen LogP contribution in [0.15, 0.2) is 0 Å². The molecule has 0 aromatic heterocycles. The standard InChI is InChI=1S/C8H15NO2/c1-2-7(10)8-4-3-6(9)5-11-8/h6,8H,2-5,9H2,1H3. The van der Waals surface area contributed by atoms with Crippen molar-refractivity contribution in [3.8, 4) is 0 Å². The first kappa shape index (κ1) is 8.68. The Kier molecular flexibility index (Phi) is 3.02. The second-order valence-corrected chi connectivity index (χ2v) is 2.98. The molecule has 2 atom stereocenters. The molecule has 1 heterocycles. The van der Waals surface area contributed by atoms with Crippen molar-refractivity contribution < 1.29 is 9.53 Å². The Bertz CT molecular complexity index is 139. The number of ketones is 1. The van der Waals surface area contributed by atoms with Gasteiger partial charge in [-0.3, -0.25) is 4.79 Å². The zero-order valence-corrected chi connectivity index (χ0v) is 6.88. The van der Waals surface area contributed by atoms with Crippen LogP contribution in [-0.4, -0.2) is 24.5 Å². The van der Waals surface area contributed by atoms with Gasteiger partial charge in [-0.1, -0.05) is 6.92 Å². The molecule has 1 saturated heterocycles. The highest BCUT2D eigenvalue weighted by Gasteiger charge is 2.23. The number of nitrogens with two attached hydrogens (primary N) is 1. The van der Waals surface area contributed by atoms with Gasteiger partial charge in [0.1, 0.15) is 6.10 Å². The van der Waals surface area contributed by atoms with Gasteiger partial charge in [-0.05, 0) is 12.8 Å². The Morgan fingerprint density at radius 3 is 2.82 bits per heavy atom. The third kappa shape index (κ3) is 2.27. The number of rotatable bonds is 2. The van der Waals surface area contributed by atoms with Crippen LogP contribution < -0.4 is 5.73 Å². The molecular formula is C8H15NO2. The van der Waals surface area contributed by atoms with Crippen LogP contribution in [0.2, 0.25) is 0 Å². The Hall–Kier alpha value is -0.410. The fourth-order valence-electron chi connectivity index (χ4n) is 1.25. The summed E-state index contributed by atoms with van der Waals surface area (Å²) in [6, 6.07) is 0.135. The van der Waals surface area contributed by atoms with Crippen LogP contribution in [0.5, 0.6) is 0 Å². The van der Waals surface area contributed by atoms with Crippen molar-refractivity contribution in [1.29, 1.82) is 0 Å². The molecule has 1 aliphatic rings. The topological polar surface area (TPSA) is 52.3 Å². The summed E-state index contributed by atoms with van der Waals surface area (Å²) in [6.45, 7) is 2.40. The molecule has 0 aliphatic carbocycles. The molecule has 0 aromatic carbocycles. The largest absolute Gasteiger partial charge is 0.369 e. The van der Waals surface area contributed by atoms with E-state index in [4.69, 9.17) is 10.5 Å². The van der Waals surface area contributed by atoms with Gasteiger partial charge in [0, 0.05) is 12.5 Å². The maximum absolute atomic E-state index is 11.1. The molecule has 2 N–H and O–H groups in total. The van der Waals surface area contributed by atoms with Crippen molar-refractivity contribution in [1.82, 2.24) is 0 Å². The second kappa shape index (κ2) is 3.83. The van der Waals surface area contributed by atoms with Gasteiger partial charge in [0.05, 0.1) is 6.61 Å². The summed E-state index contributed by atoms with van der Waals surface area (Å²) in [5, 5.41) is 0. The minimum Gasteiger partial charge on any atom is -0.369 e. The molecule has 0 saturated carbocycles. The smallest absolute Gasteiger partial charge is 0.161 e. The van der Waals surface area contributed by atoms with Crippen LogP contribution in [-0.2, 0) is 9.53 Å². The van der Waals surface area contributed by atoms with E-state index < -0.39 is 0 Å². The van der Waals surface area contributed by atoms with Gasteiger partial charge in [0.2, 0.25) is 0 Å². The number of carbonyl (C=O) groups excluding carboxylic acids is 1. The van der Waals surface area contributed by atoms with E-state index in [9.17, 15) is 4.79 Å². The van der Waals surface area contributed by atoms with Crippen molar-refractivity contribution in [2.75, 3.05) is 6.61 Å². The van der Waals surface area contributed by atoms with Gasteiger partial charge in [-0.25, -0.2) is 0 Å². The summed E-state index contributed by atoms with van der Waals surface area (Å²) in [5.41, 5.74) is 5.60. The van der Waals surface area contributed by atoms with Crippen molar-refractivity contribution in [2.45, 2.75) is 38.3 Å². The highest BCUT2D eigenvalue weighted by molar-refractivity contribution is 5.82. The maximum Gasteiger partial charge on any atom is 0.161 e. The normalized spacial score (nSPS) is 31.8. The average Bonchev–Trinajstić information content (AvgIpc) is 2.05. The zero-order chi connectivity index (χ0) is 8.27. The molecule has 0 radical (unpaired) electrons. The van der Waals surface area contributed by atoms with Gasteiger partial charge in [0.25, 0.3) is 0 Å². The predicted molar refractivity (Wildman–Crippen MR) is 42.2 cm³/mol. The van der Waals surface area contributed by atoms with Crippen LogP contribution in [0.3, 0.4) is 0 Å². The van der Waals surface area contributed by atoms with E-state index in [1.54, 1.807) is 0 Å². The lowest BCUT2D eigenvalue weighted by molar-refractivity contribution is -0.133. The van der Waals surface area contributed by atoms with Gasteiger partial charge in [-0.15, -0.1) is 0 Å². The number of hydrogen-bond acceptors (Lipinski definition) is 3. The first-order valence-electron chi connectivity index (χ1n) is 4.14. The molecular weight excluding hydrogens is 142 g/mol. The first-order valence-corrected chi connectivity index (χ1v) is 4.14. The van der Waals surface area contributed by atoms with E-state index in [2.05, 4.69) is 0 Å². The highest BCUT2D eigenvalue weighted by Crippen LogP contribution is 2.13. The third-order valence-corrected chi connectivity index (χ3v) is 2.02. The summed E-state index contributed by atoms with van der Waals surface area (Å²) >= 11 is 0. The number of ether oxygens (including phenoxy) is 1. The molecule has 1 rings (SSSR count). The summed E-state index contributed by atoms with van der Waals surface area (Å²) in [5.74, 6) is 0.205. The summed E-state index contributed by atoms with van der Waals surface area (Å²) < 4.78 is 5.27. The van der Waals surface area contributed by atoms with E-state index in [0.717, 1.165) is 12.8 Å². The minimum atomic E-state index is -0.167. The molecule has 2 unspecified atom stereocenters. The Morgan fingerprint density at radius 1 is 1.64 bits per heavy atom. The lowest BCUT2D eigenvalue weighted by Gasteiger charge is -2.25. The van der Waals surface area contributed by atoms with E-state index >= 15 is 0 Å². The average molecular weight is 157 g/mol. The highest BCUT2D eigenvalue weighted by atomic mass is 16.5. The summed E-state index contributed by atoms with van der Waals surface area (Å²) in [4.78, 5) is 11.1. The number of carbonyl (C=O) groups is 1. The SMILES string of the molecule is CCC(=O)C1CCC(N)CO1. The van der Waals surface area contributed by atoms with Crippen molar-refractivity contribution in [3.63, 3.8) is 0 Å². The molecule has 1 aliphatic heterocycles. The van der Waals surface area contributed by atoms with Crippen LogP contribution in [0.4, 0.5) is 0 Å². The quantitative estimate of drug-likeness (QED) is 0.634. The van der Waals surface area contributed by atoms with Gasteiger partial charge in [0.15, 0.2) is 5.78 Å². The van der Waals surface area contributed by atoms with Crippen LogP contribution in [0, 0.1) is 0 Å². The fraction of sp³-hybridized carbons (Fsp3) is 0.875. The van der Waals surface area contributed by atoms with Crippen molar-refractivity contribution in [2.24, 2.45) is 5.73 Å². The molecule has 0 aromatic rings. The van der Waals surface area contributed by atoms with E-state index in [1.807, 2.05) is 6.92 Å². The van der Waals surface area contributed by atoms with Gasteiger partial charge in [-0.2, -0.15) is 0 Å². The van der Waals surface area contributed by atoms with E-state index in [0.29, 0.717) is 13.0 Å². The van der Waals surface area contributed by atoms with Crippen molar-refractivity contribution in [3.05, 3.63) is 0 Å². The third-order valence-electron chi connectivity index (χ3n) is 2.02. The Balaban J connectivity index is 2.33. The molecule has 1 fully saturated rings. The number of Topliss-reactive ketones (excluding diaryl/α,β-unsaturated/α-hetero) is 1. The molecule has 3 nitrogen and oxygen atoms in total. The van der Waals surface area contributed by atoms with Crippen molar-refractivity contribution >= 4 is 5.78 Å². The van der Waals surface area contributed by atoms with Crippen LogP contribution >= 0.6 is 0 Å². The zero-order valence-electron chi connectivity index (χ0n) is 6.88. The number of hydrogen-bond donors (Lipinski definition) is 1. The maximum atomic E-state index is 11.1. The lowest BCUT2D eigenvalue weighted by Crippen LogP contribution is -2.38. The predicted octanol–water partition coefficient (Wildman–Crippen LogP) is 0.472. The molecule has 11 heavy (non-hydrogen) atoms.